The molecule has 55 heavy (non-hydrogen) atoms. The number of aliphatic hydroxyl groups excluding tert-OH is 2. The summed E-state index contributed by atoms with van der Waals surface area (Å²) in [5.41, 5.74) is 0. The van der Waals surface area contributed by atoms with Gasteiger partial charge in [0.05, 0.1) is 25.2 Å². The minimum atomic E-state index is -0.786. The van der Waals surface area contributed by atoms with Crippen LogP contribution in [0.25, 0.3) is 0 Å². The smallest absolute Gasteiger partial charge is 0.306 e. The number of unbranched alkanes of at least 4 members (excludes halogenated alkanes) is 26. The van der Waals surface area contributed by atoms with Gasteiger partial charge < -0.3 is 20.3 Å². The van der Waals surface area contributed by atoms with Crippen LogP contribution < -0.4 is 5.32 Å². The van der Waals surface area contributed by atoms with E-state index in [4.69, 9.17) is 4.74 Å². The van der Waals surface area contributed by atoms with Crippen molar-refractivity contribution >= 4 is 11.9 Å². The molecule has 0 aliphatic heterocycles. The molecule has 322 valence electrons. The van der Waals surface area contributed by atoms with E-state index in [1.807, 2.05) is 0 Å². The third-order valence-corrected chi connectivity index (χ3v) is 10.8. The molecule has 0 spiro atoms. The van der Waals surface area contributed by atoms with E-state index < -0.39 is 18.2 Å². The van der Waals surface area contributed by atoms with Crippen molar-refractivity contribution in [3.63, 3.8) is 0 Å². The lowest BCUT2D eigenvalue weighted by Gasteiger charge is -2.24. The highest BCUT2D eigenvalue weighted by Gasteiger charge is 2.24. The Bertz CT molecular complexity index is 915. The van der Waals surface area contributed by atoms with Crippen molar-refractivity contribution in [1.82, 2.24) is 5.32 Å². The highest BCUT2D eigenvalue weighted by Crippen LogP contribution is 2.18. The van der Waals surface area contributed by atoms with E-state index in [9.17, 15) is 19.8 Å². The Morgan fingerprint density at radius 3 is 1.47 bits per heavy atom. The number of esters is 1. The zero-order valence-corrected chi connectivity index (χ0v) is 36.6. The molecule has 3 atom stereocenters. The van der Waals surface area contributed by atoms with Crippen LogP contribution in [-0.4, -0.2) is 46.9 Å². The van der Waals surface area contributed by atoms with E-state index in [-0.39, 0.29) is 24.9 Å². The number of nitrogens with one attached hydrogen (secondary N) is 1. The summed E-state index contributed by atoms with van der Waals surface area (Å²) in [5.74, 6) is -0.491. The average Bonchev–Trinajstić information content (AvgIpc) is 3.18. The molecule has 0 saturated heterocycles. The van der Waals surface area contributed by atoms with Crippen LogP contribution in [0.3, 0.4) is 0 Å². The van der Waals surface area contributed by atoms with Gasteiger partial charge in [0, 0.05) is 6.42 Å². The summed E-state index contributed by atoms with van der Waals surface area (Å²) in [7, 11) is 0. The van der Waals surface area contributed by atoms with Crippen LogP contribution in [0.5, 0.6) is 0 Å². The molecule has 0 aromatic heterocycles. The van der Waals surface area contributed by atoms with Crippen LogP contribution in [0.4, 0.5) is 0 Å². The van der Waals surface area contributed by atoms with Crippen LogP contribution in [-0.2, 0) is 14.3 Å². The van der Waals surface area contributed by atoms with Gasteiger partial charge in [0.25, 0.3) is 0 Å². The Hall–Kier alpha value is -1.92. The van der Waals surface area contributed by atoms with Gasteiger partial charge in [-0.25, -0.2) is 0 Å². The standard InChI is InChI=1S/C49H91NO5/c1-4-7-10-13-16-19-22-24-27-30-33-36-39-42-49(54)55-45(40-37-34-31-28-26-23-20-17-14-11-8-5-2)43-48(53)50-46(44-51)47(52)41-38-35-32-29-25-21-18-15-12-9-6-3/h7,10,13,16,19,22,45-47,51-52H,4-6,8-9,11-12,14-15,17-18,20-21,23-44H2,1-3H3,(H,50,53)/b10-7+,16-13+,22-19-. The second-order valence-corrected chi connectivity index (χ2v) is 16.2. The van der Waals surface area contributed by atoms with E-state index in [2.05, 4.69) is 62.5 Å². The minimum absolute atomic E-state index is 0.0725. The van der Waals surface area contributed by atoms with Crippen molar-refractivity contribution in [1.29, 1.82) is 0 Å². The molecule has 6 nitrogen and oxygen atoms in total. The molecule has 0 saturated carbocycles. The first-order valence-electron chi connectivity index (χ1n) is 23.7. The van der Waals surface area contributed by atoms with Crippen molar-refractivity contribution in [2.75, 3.05) is 6.61 Å². The van der Waals surface area contributed by atoms with Gasteiger partial charge in [-0.3, -0.25) is 9.59 Å². The van der Waals surface area contributed by atoms with Crippen LogP contribution >= 0.6 is 0 Å². The molecule has 0 heterocycles. The SMILES string of the molecule is CC/C=C/C=C/C=C\CCCCCCCC(=O)OC(CCCCCCCCCCCCCC)CC(=O)NC(CO)C(O)CCCCCCCCCCCCC. The topological polar surface area (TPSA) is 95.9 Å². The third-order valence-electron chi connectivity index (χ3n) is 10.8. The first kappa shape index (κ1) is 53.1. The summed E-state index contributed by atoms with van der Waals surface area (Å²) in [4.78, 5) is 26.0. The van der Waals surface area contributed by atoms with Gasteiger partial charge in [-0.2, -0.15) is 0 Å². The highest BCUT2D eigenvalue weighted by molar-refractivity contribution is 5.77. The zero-order chi connectivity index (χ0) is 40.3. The molecule has 1 amide bonds. The van der Waals surface area contributed by atoms with E-state index in [0.717, 1.165) is 77.0 Å². The lowest BCUT2D eigenvalue weighted by Crippen LogP contribution is -2.46. The molecular formula is C49H91NO5. The molecule has 0 bridgehead atoms. The van der Waals surface area contributed by atoms with Crippen LogP contribution in [0.2, 0.25) is 0 Å². The molecule has 0 aromatic rings. The first-order valence-corrected chi connectivity index (χ1v) is 23.7. The van der Waals surface area contributed by atoms with Gasteiger partial charge in [-0.05, 0) is 44.9 Å². The lowest BCUT2D eigenvalue weighted by atomic mass is 10.0. The van der Waals surface area contributed by atoms with Gasteiger partial charge in [-0.15, -0.1) is 0 Å². The number of aliphatic hydroxyl groups is 2. The monoisotopic (exact) mass is 774 g/mol. The largest absolute Gasteiger partial charge is 0.462 e. The number of amides is 1. The van der Waals surface area contributed by atoms with Crippen molar-refractivity contribution in [3.8, 4) is 0 Å². The summed E-state index contributed by atoms with van der Waals surface area (Å²) in [6.45, 7) is 6.34. The fraction of sp³-hybridized carbons (Fsp3) is 0.837. The fourth-order valence-electron chi connectivity index (χ4n) is 7.19. The minimum Gasteiger partial charge on any atom is -0.462 e. The molecule has 0 aromatic carbocycles. The predicted molar refractivity (Wildman–Crippen MR) is 236 cm³/mol. The fourth-order valence-corrected chi connectivity index (χ4v) is 7.19. The maximum atomic E-state index is 13.1. The number of carbonyl (C=O) groups is 2. The summed E-state index contributed by atoms with van der Waals surface area (Å²) in [5, 5.41) is 23.7. The second kappa shape index (κ2) is 43.2. The van der Waals surface area contributed by atoms with Crippen molar-refractivity contribution in [2.45, 2.75) is 257 Å². The molecule has 0 radical (unpaired) electrons. The van der Waals surface area contributed by atoms with Crippen LogP contribution in [0, 0.1) is 0 Å². The van der Waals surface area contributed by atoms with Gasteiger partial charge in [-0.1, -0.05) is 218 Å². The number of carbonyl (C=O) groups excluding carboxylic acids is 2. The number of rotatable bonds is 42. The quantitative estimate of drug-likeness (QED) is 0.0326. The maximum absolute atomic E-state index is 13.1. The van der Waals surface area contributed by atoms with E-state index in [0.29, 0.717) is 19.3 Å². The van der Waals surface area contributed by atoms with Crippen molar-refractivity contribution in [3.05, 3.63) is 36.5 Å². The van der Waals surface area contributed by atoms with Crippen molar-refractivity contribution in [2.24, 2.45) is 0 Å². The molecule has 0 fully saturated rings. The first-order chi connectivity index (χ1) is 27.0. The summed E-state index contributed by atoms with van der Waals surface area (Å²) in [6.07, 6.45) is 49.1. The Balaban J connectivity index is 4.60. The lowest BCUT2D eigenvalue weighted by molar-refractivity contribution is -0.151. The Morgan fingerprint density at radius 1 is 0.545 bits per heavy atom. The zero-order valence-electron chi connectivity index (χ0n) is 36.6. The van der Waals surface area contributed by atoms with Gasteiger partial charge in [0.1, 0.15) is 6.10 Å². The molecule has 3 N–H and O–H groups in total. The molecule has 0 aliphatic carbocycles. The average molecular weight is 774 g/mol. The number of hydrogen-bond acceptors (Lipinski definition) is 5. The van der Waals surface area contributed by atoms with Gasteiger partial charge >= 0.3 is 5.97 Å². The molecular weight excluding hydrogens is 683 g/mol. The Kier molecular flexibility index (Phi) is 41.7. The van der Waals surface area contributed by atoms with E-state index in [1.54, 1.807) is 0 Å². The van der Waals surface area contributed by atoms with Gasteiger partial charge in [0.15, 0.2) is 0 Å². The summed E-state index contributed by atoms with van der Waals surface area (Å²) in [6, 6.07) is -0.700. The second-order valence-electron chi connectivity index (χ2n) is 16.2. The summed E-state index contributed by atoms with van der Waals surface area (Å²) >= 11 is 0. The third kappa shape index (κ3) is 38.7. The number of hydrogen-bond donors (Lipinski definition) is 3. The molecule has 6 heteroatoms. The van der Waals surface area contributed by atoms with E-state index >= 15 is 0 Å². The van der Waals surface area contributed by atoms with Crippen molar-refractivity contribution < 1.29 is 24.5 Å². The van der Waals surface area contributed by atoms with E-state index in [1.165, 1.54) is 116 Å². The number of allylic oxidation sites excluding steroid dienone is 6. The summed E-state index contributed by atoms with van der Waals surface area (Å²) < 4.78 is 5.90. The highest BCUT2D eigenvalue weighted by atomic mass is 16.5. The van der Waals surface area contributed by atoms with Gasteiger partial charge in [0.2, 0.25) is 5.91 Å². The molecule has 3 unspecified atom stereocenters. The Labute approximate surface area is 341 Å². The van der Waals surface area contributed by atoms with Crippen LogP contribution in [0.15, 0.2) is 36.5 Å². The molecule has 0 rings (SSSR count). The number of ether oxygens (including phenoxy) is 1. The maximum Gasteiger partial charge on any atom is 0.306 e. The molecule has 0 aliphatic rings. The normalized spacial score (nSPS) is 13.6. The van der Waals surface area contributed by atoms with Crippen LogP contribution in [0.1, 0.15) is 239 Å². The Morgan fingerprint density at radius 2 is 0.982 bits per heavy atom. The predicted octanol–water partition coefficient (Wildman–Crippen LogP) is 13.7.